The average Bonchev–Trinajstić information content (AvgIpc) is 3.14. The van der Waals surface area contributed by atoms with Crippen LogP contribution in [0.1, 0.15) is 70.9 Å². The SMILES string of the molecule is COC(=O)[C@H](NC(=O)CCC(=O)O[C@@H]1O[C@@H]2O[C@]3(C)CC[C@H]4[C@H](C)CC[C@@H]([C@H]1C)[C@@]24OO3)c1ccccc1. The smallest absolute Gasteiger partial charge is 0.333 e. The Morgan fingerprint density at radius 3 is 2.55 bits per heavy atom. The summed E-state index contributed by atoms with van der Waals surface area (Å²) in [4.78, 5) is 49.6. The topological polar surface area (TPSA) is 119 Å². The van der Waals surface area contributed by atoms with Gasteiger partial charge in [-0.1, -0.05) is 44.2 Å². The van der Waals surface area contributed by atoms with Gasteiger partial charge >= 0.3 is 11.9 Å². The number of esters is 2. The molecule has 38 heavy (non-hydrogen) atoms. The lowest BCUT2D eigenvalue weighted by Crippen LogP contribution is -2.70. The Hall–Kier alpha value is -2.53. The first-order valence-electron chi connectivity index (χ1n) is 13.5. The van der Waals surface area contributed by atoms with E-state index < -0.39 is 47.9 Å². The van der Waals surface area contributed by atoms with Crippen molar-refractivity contribution in [2.75, 3.05) is 7.11 Å². The molecule has 1 aromatic rings. The number of carbonyl (C=O) groups is 3. The highest BCUT2D eigenvalue weighted by Crippen LogP contribution is 2.60. The molecule has 5 fully saturated rings. The van der Waals surface area contributed by atoms with Crippen molar-refractivity contribution in [3.63, 3.8) is 0 Å². The first-order valence-corrected chi connectivity index (χ1v) is 13.5. The molecule has 10 heteroatoms. The van der Waals surface area contributed by atoms with Crippen molar-refractivity contribution >= 4 is 17.8 Å². The third-order valence-electron chi connectivity index (χ3n) is 8.78. The standard InChI is InChI=1S/C28H37NO9/c1-16-10-11-20-17(2)25(35-26-28(20)19(16)14-15-27(3,36-26)37-38-28)34-22(31)13-12-21(30)29-23(24(32)33-4)18-8-6-5-7-9-18/h5-9,16-17,19-20,23,25-26H,10-15H2,1-4H3,(H,29,30)/t16-,17-,19+,20+,23-,25-,26-,27+,28-/m1/s1. The van der Waals surface area contributed by atoms with Gasteiger partial charge in [0.15, 0.2) is 17.9 Å². The number of nitrogens with one attached hydrogen (secondary N) is 1. The summed E-state index contributed by atoms with van der Waals surface area (Å²) < 4.78 is 23.1. The van der Waals surface area contributed by atoms with Crippen LogP contribution in [0.3, 0.4) is 0 Å². The molecular formula is C28H37NO9. The van der Waals surface area contributed by atoms with E-state index in [0.29, 0.717) is 17.9 Å². The van der Waals surface area contributed by atoms with Crippen LogP contribution in [0.5, 0.6) is 0 Å². The number of benzene rings is 1. The van der Waals surface area contributed by atoms with Gasteiger partial charge in [-0.05, 0) is 43.6 Å². The van der Waals surface area contributed by atoms with Crippen LogP contribution in [-0.4, -0.2) is 48.9 Å². The maximum Gasteiger partial charge on any atom is 0.333 e. The summed E-state index contributed by atoms with van der Waals surface area (Å²) in [7, 11) is 1.26. The number of hydrogen-bond acceptors (Lipinski definition) is 9. The molecule has 4 saturated heterocycles. The number of carbonyl (C=O) groups excluding carboxylic acids is 3. The zero-order chi connectivity index (χ0) is 27.1. The third-order valence-corrected chi connectivity index (χ3v) is 8.78. The van der Waals surface area contributed by atoms with Crippen LogP contribution in [0.4, 0.5) is 0 Å². The van der Waals surface area contributed by atoms with Gasteiger partial charge in [0, 0.05) is 24.7 Å². The fourth-order valence-electron chi connectivity index (χ4n) is 6.69. The van der Waals surface area contributed by atoms with Crippen molar-refractivity contribution in [3.05, 3.63) is 35.9 Å². The lowest BCUT2D eigenvalue weighted by atomic mass is 9.58. The van der Waals surface area contributed by atoms with Crippen LogP contribution in [0.25, 0.3) is 0 Å². The van der Waals surface area contributed by atoms with Crippen molar-refractivity contribution in [2.24, 2.45) is 23.7 Å². The minimum Gasteiger partial charge on any atom is -0.467 e. The third kappa shape index (κ3) is 4.83. The maximum atomic E-state index is 12.8. The summed E-state index contributed by atoms with van der Waals surface area (Å²) in [5.74, 6) is -2.03. The van der Waals surface area contributed by atoms with E-state index in [1.54, 1.807) is 24.3 Å². The lowest BCUT2D eigenvalue weighted by molar-refractivity contribution is -0.576. The molecule has 2 bridgehead atoms. The number of ether oxygens (including phenoxy) is 4. The fraction of sp³-hybridized carbons (Fsp3) is 0.679. The van der Waals surface area contributed by atoms with E-state index in [-0.39, 0.29) is 30.6 Å². The van der Waals surface area contributed by atoms with Gasteiger partial charge in [0.25, 0.3) is 0 Å². The van der Waals surface area contributed by atoms with Crippen LogP contribution in [0, 0.1) is 23.7 Å². The molecule has 9 atom stereocenters. The van der Waals surface area contributed by atoms with Crippen LogP contribution in [-0.2, 0) is 43.1 Å². The summed E-state index contributed by atoms with van der Waals surface area (Å²) in [6, 6.07) is 7.82. The predicted molar refractivity (Wildman–Crippen MR) is 131 cm³/mol. The number of fused-ring (bicyclic) bond motifs is 2. The van der Waals surface area contributed by atoms with Crippen LogP contribution >= 0.6 is 0 Å². The number of amides is 1. The predicted octanol–water partition coefficient (Wildman–Crippen LogP) is 3.55. The lowest BCUT2D eigenvalue weighted by Gasteiger charge is -2.59. The van der Waals surface area contributed by atoms with Crippen molar-refractivity contribution in [3.8, 4) is 0 Å². The molecule has 4 aliphatic heterocycles. The zero-order valence-electron chi connectivity index (χ0n) is 22.3. The summed E-state index contributed by atoms with van der Waals surface area (Å²) in [6.45, 7) is 6.08. The first kappa shape index (κ1) is 27.1. The highest BCUT2D eigenvalue weighted by Gasteiger charge is 2.69. The molecule has 1 N–H and O–H groups in total. The van der Waals surface area contributed by atoms with Gasteiger partial charge in [-0.3, -0.25) is 9.59 Å². The van der Waals surface area contributed by atoms with Gasteiger partial charge in [-0.25, -0.2) is 14.6 Å². The number of methoxy groups -OCH3 is 1. The van der Waals surface area contributed by atoms with E-state index in [1.807, 2.05) is 19.9 Å². The second kappa shape index (κ2) is 10.6. The van der Waals surface area contributed by atoms with E-state index in [9.17, 15) is 14.4 Å². The molecule has 4 heterocycles. The highest BCUT2D eigenvalue weighted by molar-refractivity contribution is 5.87. The molecule has 5 aliphatic rings. The largest absolute Gasteiger partial charge is 0.467 e. The molecule has 0 aromatic heterocycles. The molecule has 1 amide bonds. The quantitative estimate of drug-likeness (QED) is 0.416. The maximum absolute atomic E-state index is 12.8. The normalized spacial score (nSPS) is 38.3. The van der Waals surface area contributed by atoms with E-state index >= 15 is 0 Å². The minimum atomic E-state index is -0.962. The summed E-state index contributed by atoms with van der Waals surface area (Å²) >= 11 is 0. The molecule has 1 aliphatic carbocycles. The Bertz CT molecular complexity index is 1050. The number of hydrogen-bond donors (Lipinski definition) is 1. The van der Waals surface area contributed by atoms with Gasteiger partial charge in [0.05, 0.1) is 13.5 Å². The van der Waals surface area contributed by atoms with Crippen molar-refractivity contribution < 1.29 is 43.1 Å². The Kier molecular flexibility index (Phi) is 7.52. The molecule has 10 nitrogen and oxygen atoms in total. The monoisotopic (exact) mass is 531 g/mol. The summed E-state index contributed by atoms with van der Waals surface area (Å²) in [5, 5.41) is 2.65. The first-order chi connectivity index (χ1) is 18.2. The average molecular weight is 532 g/mol. The molecule has 1 spiro atoms. The Balaban J connectivity index is 1.21. The highest BCUT2D eigenvalue weighted by atomic mass is 17.3. The molecule has 6 rings (SSSR count). The van der Waals surface area contributed by atoms with Crippen LogP contribution in [0.15, 0.2) is 30.3 Å². The van der Waals surface area contributed by atoms with Crippen molar-refractivity contribution in [1.29, 1.82) is 0 Å². The molecular weight excluding hydrogens is 494 g/mol. The summed E-state index contributed by atoms with van der Waals surface area (Å²) in [6.07, 6.45) is 1.66. The molecule has 1 aromatic carbocycles. The Morgan fingerprint density at radius 2 is 1.82 bits per heavy atom. The van der Waals surface area contributed by atoms with E-state index in [2.05, 4.69) is 12.2 Å². The van der Waals surface area contributed by atoms with Crippen LogP contribution < -0.4 is 5.32 Å². The molecule has 1 saturated carbocycles. The van der Waals surface area contributed by atoms with Gasteiger partial charge in [0.2, 0.25) is 18.0 Å². The molecule has 208 valence electrons. The zero-order valence-corrected chi connectivity index (χ0v) is 22.3. The van der Waals surface area contributed by atoms with Gasteiger partial charge in [0.1, 0.15) is 0 Å². The Labute approximate surface area is 222 Å². The minimum absolute atomic E-state index is 0.0258. The van der Waals surface area contributed by atoms with Gasteiger partial charge in [-0.2, -0.15) is 0 Å². The van der Waals surface area contributed by atoms with Gasteiger partial charge in [-0.15, -0.1) is 0 Å². The summed E-state index contributed by atoms with van der Waals surface area (Å²) in [5.41, 5.74) is -0.151. The molecule has 0 unspecified atom stereocenters. The van der Waals surface area contributed by atoms with E-state index in [4.69, 9.17) is 28.7 Å². The van der Waals surface area contributed by atoms with E-state index in [1.165, 1.54) is 7.11 Å². The second-order valence-electron chi connectivity index (χ2n) is 11.2. The van der Waals surface area contributed by atoms with Crippen molar-refractivity contribution in [1.82, 2.24) is 5.32 Å². The fourth-order valence-corrected chi connectivity index (χ4v) is 6.69. The molecule has 0 radical (unpaired) electrons. The van der Waals surface area contributed by atoms with Crippen molar-refractivity contribution in [2.45, 2.75) is 89.3 Å². The number of rotatable bonds is 7. The van der Waals surface area contributed by atoms with Gasteiger partial charge < -0.3 is 24.3 Å². The van der Waals surface area contributed by atoms with E-state index in [0.717, 1.165) is 19.3 Å². The van der Waals surface area contributed by atoms with Crippen LogP contribution in [0.2, 0.25) is 0 Å². The second-order valence-corrected chi connectivity index (χ2v) is 11.2. The Morgan fingerprint density at radius 1 is 1.05 bits per heavy atom.